The van der Waals surface area contributed by atoms with E-state index in [1.165, 1.54) is 11.3 Å². The SMILES string of the molecule is Nc1ncc(CN2C(=O)c3cccc4cccc2c34)s1. The molecule has 20 heavy (non-hydrogen) atoms. The summed E-state index contributed by atoms with van der Waals surface area (Å²) in [4.78, 5) is 19.4. The molecule has 0 unspecified atom stereocenters. The number of aromatic nitrogens is 1. The highest BCUT2D eigenvalue weighted by atomic mass is 32.1. The number of nitrogen functional groups attached to an aromatic ring is 1. The fraction of sp³-hybridized carbons (Fsp3) is 0.0667. The molecule has 3 aromatic rings. The Bertz CT molecular complexity index is 835. The predicted molar refractivity (Wildman–Crippen MR) is 81.0 cm³/mol. The average Bonchev–Trinajstić information content (AvgIpc) is 2.98. The Hall–Kier alpha value is -2.40. The topological polar surface area (TPSA) is 59.2 Å². The lowest BCUT2D eigenvalue weighted by Gasteiger charge is -2.16. The molecule has 2 N–H and O–H groups in total. The Kier molecular flexibility index (Phi) is 2.31. The van der Waals surface area contributed by atoms with E-state index in [4.69, 9.17) is 5.73 Å². The van der Waals surface area contributed by atoms with Gasteiger partial charge in [-0.05, 0) is 17.5 Å². The molecule has 4 nitrogen and oxygen atoms in total. The zero-order chi connectivity index (χ0) is 13.7. The van der Waals surface area contributed by atoms with Gasteiger partial charge in [0.25, 0.3) is 5.91 Å². The Morgan fingerprint density at radius 1 is 1.20 bits per heavy atom. The van der Waals surface area contributed by atoms with Gasteiger partial charge in [0.2, 0.25) is 0 Å². The van der Waals surface area contributed by atoms with Gasteiger partial charge in [-0.25, -0.2) is 4.98 Å². The number of nitrogens with zero attached hydrogens (tertiary/aromatic N) is 2. The van der Waals surface area contributed by atoms with Gasteiger partial charge in [-0.2, -0.15) is 0 Å². The molecule has 5 heteroatoms. The molecule has 4 rings (SSSR count). The summed E-state index contributed by atoms with van der Waals surface area (Å²) in [6.45, 7) is 0.515. The van der Waals surface area contributed by atoms with Gasteiger partial charge in [0.05, 0.1) is 12.2 Å². The largest absolute Gasteiger partial charge is 0.375 e. The van der Waals surface area contributed by atoms with Crippen LogP contribution < -0.4 is 10.6 Å². The first-order chi connectivity index (χ1) is 9.74. The normalized spacial score (nSPS) is 13.4. The summed E-state index contributed by atoms with van der Waals surface area (Å²) in [7, 11) is 0. The van der Waals surface area contributed by atoms with Crippen molar-refractivity contribution < 1.29 is 4.79 Å². The standard InChI is InChI=1S/C15H11N3OS/c16-15-17-7-10(20-15)8-18-12-6-2-4-9-3-1-5-11(13(9)12)14(18)19/h1-7H,8H2,(H2,16,17). The fourth-order valence-electron chi connectivity index (χ4n) is 2.69. The number of hydrogen-bond acceptors (Lipinski definition) is 4. The van der Waals surface area contributed by atoms with Gasteiger partial charge in [0.15, 0.2) is 5.13 Å². The quantitative estimate of drug-likeness (QED) is 0.785. The maximum Gasteiger partial charge on any atom is 0.259 e. The summed E-state index contributed by atoms with van der Waals surface area (Å²) in [6.07, 6.45) is 1.73. The van der Waals surface area contributed by atoms with Crippen molar-refractivity contribution in [2.45, 2.75) is 6.54 Å². The first-order valence-electron chi connectivity index (χ1n) is 6.28. The van der Waals surface area contributed by atoms with Crippen LogP contribution in [0.5, 0.6) is 0 Å². The summed E-state index contributed by atoms with van der Waals surface area (Å²) in [5.74, 6) is 0.0452. The minimum Gasteiger partial charge on any atom is -0.375 e. The van der Waals surface area contributed by atoms with Crippen LogP contribution in [0.15, 0.2) is 42.6 Å². The molecule has 0 saturated heterocycles. The van der Waals surface area contributed by atoms with Crippen molar-refractivity contribution in [2.24, 2.45) is 0 Å². The highest BCUT2D eigenvalue weighted by Crippen LogP contribution is 2.38. The van der Waals surface area contributed by atoms with E-state index in [1.54, 1.807) is 11.1 Å². The van der Waals surface area contributed by atoms with E-state index in [1.807, 2.05) is 36.4 Å². The van der Waals surface area contributed by atoms with Gasteiger partial charge >= 0.3 is 0 Å². The summed E-state index contributed by atoms with van der Waals surface area (Å²) in [5, 5.41) is 2.67. The maximum atomic E-state index is 12.6. The molecule has 98 valence electrons. The van der Waals surface area contributed by atoms with E-state index in [-0.39, 0.29) is 5.91 Å². The third kappa shape index (κ3) is 1.53. The molecule has 2 aromatic carbocycles. The van der Waals surface area contributed by atoms with Crippen LogP contribution in [0, 0.1) is 0 Å². The molecule has 0 spiro atoms. The van der Waals surface area contributed by atoms with E-state index >= 15 is 0 Å². The van der Waals surface area contributed by atoms with Crippen LogP contribution in [-0.4, -0.2) is 10.9 Å². The second-order valence-electron chi connectivity index (χ2n) is 4.74. The lowest BCUT2D eigenvalue weighted by atomic mass is 10.1. The molecule has 0 saturated carbocycles. The predicted octanol–water partition coefficient (Wildman–Crippen LogP) is 3.04. The lowest BCUT2D eigenvalue weighted by molar-refractivity contribution is 0.0991. The van der Waals surface area contributed by atoms with Crippen molar-refractivity contribution in [3.8, 4) is 0 Å². The molecule has 1 aliphatic heterocycles. The summed E-state index contributed by atoms with van der Waals surface area (Å²) >= 11 is 1.42. The van der Waals surface area contributed by atoms with Crippen LogP contribution in [-0.2, 0) is 6.54 Å². The Balaban J connectivity index is 1.84. The minimum atomic E-state index is 0.0452. The van der Waals surface area contributed by atoms with Crippen molar-refractivity contribution in [3.63, 3.8) is 0 Å². The molecule has 0 bridgehead atoms. The van der Waals surface area contributed by atoms with Crippen LogP contribution >= 0.6 is 11.3 Å². The molecule has 2 heterocycles. The van der Waals surface area contributed by atoms with Crippen LogP contribution in [0.3, 0.4) is 0 Å². The average molecular weight is 281 g/mol. The van der Waals surface area contributed by atoms with Crippen molar-refractivity contribution in [2.75, 3.05) is 10.6 Å². The third-order valence-corrected chi connectivity index (χ3v) is 4.35. The number of carbonyl (C=O) groups is 1. The molecule has 0 atom stereocenters. The van der Waals surface area contributed by atoms with Crippen LogP contribution in [0.2, 0.25) is 0 Å². The van der Waals surface area contributed by atoms with Crippen molar-refractivity contribution >= 4 is 38.8 Å². The zero-order valence-corrected chi connectivity index (χ0v) is 11.4. The van der Waals surface area contributed by atoms with Crippen molar-refractivity contribution in [1.29, 1.82) is 0 Å². The number of benzene rings is 2. The number of hydrogen-bond donors (Lipinski definition) is 1. The van der Waals surface area contributed by atoms with E-state index in [9.17, 15) is 4.79 Å². The van der Waals surface area contributed by atoms with E-state index in [2.05, 4.69) is 4.98 Å². The number of carbonyl (C=O) groups excluding carboxylic acids is 1. The Labute approximate surface area is 119 Å². The first-order valence-corrected chi connectivity index (χ1v) is 7.09. The molecular weight excluding hydrogens is 270 g/mol. The zero-order valence-electron chi connectivity index (χ0n) is 10.5. The molecule has 1 aliphatic rings. The van der Waals surface area contributed by atoms with Gasteiger partial charge in [-0.3, -0.25) is 4.79 Å². The first kappa shape index (κ1) is 11.4. The maximum absolute atomic E-state index is 12.6. The molecule has 1 aromatic heterocycles. The summed E-state index contributed by atoms with van der Waals surface area (Å²) < 4.78 is 0. The number of nitrogens with two attached hydrogens (primary N) is 1. The van der Waals surface area contributed by atoms with E-state index in [0.717, 1.165) is 26.9 Å². The molecule has 0 aliphatic carbocycles. The third-order valence-electron chi connectivity index (χ3n) is 3.53. The Morgan fingerprint density at radius 3 is 2.75 bits per heavy atom. The number of anilines is 2. The van der Waals surface area contributed by atoms with E-state index < -0.39 is 0 Å². The highest BCUT2D eigenvalue weighted by molar-refractivity contribution is 7.15. The van der Waals surface area contributed by atoms with Crippen LogP contribution in [0.25, 0.3) is 10.8 Å². The second-order valence-corrected chi connectivity index (χ2v) is 5.88. The monoisotopic (exact) mass is 281 g/mol. The minimum absolute atomic E-state index is 0.0452. The van der Waals surface area contributed by atoms with Gasteiger partial charge in [0, 0.05) is 22.0 Å². The fourth-order valence-corrected chi connectivity index (χ4v) is 3.36. The van der Waals surface area contributed by atoms with Crippen LogP contribution in [0.1, 0.15) is 15.2 Å². The number of rotatable bonds is 2. The van der Waals surface area contributed by atoms with Gasteiger partial charge < -0.3 is 10.6 Å². The summed E-state index contributed by atoms with van der Waals surface area (Å²) in [5.41, 5.74) is 7.39. The van der Waals surface area contributed by atoms with E-state index in [0.29, 0.717) is 11.7 Å². The van der Waals surface area contributed by atoms with Gasteiger partial charge in [0.1, 0.15) is 0 Å². The van der Waals surface area contributed by atoms with Crippen molar-refractivity contribution in [3.05, 3.63) is 53.0 Å². The molecular formula is C15H11N3OS. The van der Waals surface area contributed by atoms with Gasteiger partial charge in [-0.1, -0.05) is 24.3 Å². The second kappa shape index (κ2) is 4.05. The molecule has 0 radical (unpaired) electrons. The Morgan fingerprint density at radius 2 is 2.00 bits per heavy atom. The number of amides is 1. The highest BCUT2D eigenvalue weighted by Gasteiger charge is 2.29. The van der Waals surface area contributed by atoms with Crippen LogP contribution in [0.4, 0.5) is 10.8 Å². The van der Waals surface area contributed by atoms with Crippen molar-refractivity contribution in [1.82, 2.24) is 4.98 Å². The van der Waals surface area contributed by atoms with Gasteiger partial charge in [-0.15, -0.1) is 11.3 Å². The number of thiazole rings is 1. The lowest BCUT2D eigenvalue weighted by Crippen LogP contribution is -2.25. The smallest absolute Gasteiger partial charge is 0.259 e. The summed E-state index contributed by atoms with van der Waals surface area (Å²) in [6, 6.07) is 11.8. The molecule has 0 fully saturated rings. The molecule has 1 amide bonds.